The molecule has 0 unspecified atom stereocenters. The topological polar surface area (TPSA) is 75.7 Å². The molecule has 3 rings (SSSR count). The van der Waals surface area contributed by atoms with E-state index in [1.54, 1.807) is 47.8 Å². The van der Waals surface area contributed by atoms with E-state index in [9.17, 15) is 13.2 Å². The number of anilines is 1. The van der Waals surface area contributed by atoms with Crippen molar-refractivity contribution in [2.24, 2.45) is 0 Å². The van der Waals surface area contributed by atoms with E-state index in [4.69, 9.17) is 16.3 Å². The first-order chi connectivity index (χ1) is 14.3. The number of thiophene rings is 1. The van der Waals surface area contributed by atoms with Gasteiger partial charge in [-0.15, -0.1) is 11.3 Å². The SMILES string of the molecule is CCOc1ccc(N(C)S(=O)(=O)c2ccsc2C(=O)NCc2ccccc2Cl)cc1. The number of nitrogens with zero attached hydrogens (tertiary/aromatic N) is 1. The summed E-state index contributed by atoms with van der Waals surface area (Å²) in [6, 6.07) is 15.3. The van der Waals surface area contributed by atoms with E-state index >= 15 is 0 Å². The Bertz CT molecular complexity index is 1130. The van der Waals surface area contributed by atoms with Crippen LogP contribution in [0.4, 0.5) is 5.69 Å². The quantitative estimate of drug-likeness (QED) is 0.530. The molecule has 6 nitrogen and oxygen atoms in total. The van der Waals surface area contributed by atoms with E-state index in [0.717, 1.165) is 21.2 Å². The lowest BCUT2D eigenvalue weighted by molar-refractivity contribution is 0.0952. The van der Waals surface area contributed by atoms with Crippen LogP contribution >= 0.6 is 22.9 Å². The average Bonchev–Trinajstić information content (AvgIpc) is 3.24. The molecule has 1 heterocycles. The van der Waals surface area contributed by atoms with E-state index in [1.807, 2.05) is 13.0 Å². The van der Waals surface area contributed by atoms with Gasteiger partial charge in [0, 0.05) is 18.6 Å². The molecule has 1 amide bonds. The maximum Gasteiger partial charge on any atom is 0.265 e. The third-order valence-electron chi connectivity index (χ3n) is 4.38. The molecule has 0 radical (unpaired) electrons. The Hall–Kier alpha value is -2.55. The van der Waals surface area contributed by atoms with Gasteiger partial charge in [-0.25, -0.2) is 8.42 Å². The summed E-state index contributed by atoms with van der Waals surface area (Å²) >= 11 is 7.19. The molecule has 30 heavy (non-hydrogen) atoms. The predicted octanol–water partition coefficient (Wildman–Crippen LogP) is 4.56. The number of benzene rings is 2. The van der Waals surface area contributed by atoms with Gasteiger partial charge >= 0.3 is 0 Å². The van der Waals surface area contributed by atoms with Crippen molar-refractivity contribution in [2.75, 3.05) is 18.0 Å². The maximum absolute atomic E-state index is 13.2. The largest absolute Gasteiger partial charge is 0.494 e. The molecule has 3 aromatic rings. The summed E-state index contributed by atoms with van der Waals surface area (Å²) in [5.74, 6) is 0.186. The van der Waals surface area contributed by atoms with Crippen LogP contribution in [-0.2, 0) is 16.6 Å². The molecule has 0 aliphatic carbocycles. The highest BCUT2D eigenvalue weighted by molar-refractivity contribution is 7.93. The van der Waals surface area contributed by atoms with Crippen molar-refractivity contribution in [1.82, 2.24) is 5.32 Å². The number of amides is 1. The number of hydrogen-bond donors (Lipinski definition) is 1. The fraction of sp³-hybridized carbons (Fsp3) is 0.190. The van der Waals surface area contributed by atoms with Gasteiger partial charge in [0.2, 0.25) is 0 Å². The average molecular weight is 465 g/mol. The first-order valence-corrected chi connectivity index (χ1v) is 11.8. The summed E-state index contributed by atoms with van der Waals surface area (Å²) in [5.41, 5.74) is 1.21. The minimum Gasteiger partial charge on any atom is -0.494 e. The maximum atomic E-state index is 13.2. The summed E-state index contributed by atoms with van der Waals surface area (Å²) in [6.45, 7) is 2.60. The van der Waals surface area contributed by atoms with Crippen LogP contribution in [0.2, 0.25) is 5.02 Å². The third-order valence-corrected chi connectivity index (χ3v) is 7.62. The van der Waals surface area contributed by atoms with Crippen LogP contribution in [0.15, 0.2) is 64.9 Å². The van der Waals surface area contributed by atoms with Gasteiger partial charge in [-0.1, -0.05) is 29.8 Å². The lowest BCUT2D eigenvalue weighted by atomic mass is 10.2. The van der Waals surface area contributed by atoms with Gasteiger partial charge in [0.1, 0.15) is 15.5 Å². The number of carbonyl (C=O) groups is 1. The van der Waals surface area contributed by atoms with Gasteiger partial charge in [0.25, 0.3) is 15.9 Å². The molecule has 0 bridgehead atoms. The van der Waals surface area contributed by atoms with Crippen molar-refractivity contribution in [2.45, 2.75) is 18.4 Å². The van der Waals surface area contributed by atoms with E-state index in [-0.39, 0.29) is 16.3 Å². The van der Waals surface area contributed by atoms with Crippen molar-refractivity contribution in [1.29, 1.82) is 0 Å². The van der Waals surface area contributed by atoms with Gasteiger partial charge in [0.15, 0.2) is 0 Å². The minimum absolute atomic E-state index is 0.0412. The normalized spacial score (nSPS) is 11.2. The number of sulfonamides is 1. The Morgan fingerprint density at radius 1 is 1.13 bits per heavy atom. The Morgan fingerprint density at radius 3 is 2.50 bits per heavy atom. The zero-order valence-corrected chi connectivity index (χ0v) is 18.9. The first kappa shape index (κ1) is 22.1. The lowest BCUT2D eigenvalue weighted by Gasteiger charge is -2.20. The zero-order chi connectivity index (χ0) is 21.7. The molecule has 0 saturated heterocycles. The first-order valence-electron chi connectivity index (χ1n) is 9.15. The molecule has 0 aliphatic heterocycles. The molecule has 2 aromatic carbocycles. The summed E-state index contributed by atoms with van der Waals surface area (Å²) < 4.78 is 32.9. The second kappa shape index (κ2) is 9.51. The lowest BCUT2D eigenvalue weighted by Crippen LogP contribution is -2.29. The fourth-order valence-electron chi connectivity index (χ4n) is 2.77. The van der Waals surface area contributed by atoms with E-state index in [0.29, 0.717) is 23.1 Å². The Kier molecular flexibility index (Phi) is 7.02. The highest BCUT2D eigenvalue weighted by Crippen LogP contribution is 2.29. The number of rotatable bonds is 8. The third kappa shape index (κ3) is 4.77. The number of carbonyl (C=O) groups excluding carboxylic acids is 1. The fourth-order valence-corrected chi connectivity index (χ4v) is 5.48. The molecule has 158 valence electrons. The van der Waals surface area contributed by atoms with Crippen LogP contribution in [0.5, 0.6) is 5.75 Å². The highest BCUT2D eigenvalue weighted by atomic mass is 35.5. The van der Waals surface area contributed by atoms with Crippen LogP contribution in [-0.4, -0.2) is 28.0 Å². The van der Waals surface area contributed by atoms with Gasteiger partial charge < -0.3 is 10.1 Å². The van der Waals surface area contributed by atoms with Gasteiger partial charge in [-0.2, -0.15) is 0 Å². The number of ether oxygens (including phenoxy) is 1. The standard InChI is InChI=1S/C21H21ClN2O4S2/c1-3-28-17-10-8-16(9-11-17)24(2)30(26,27)19-12-13-29-20(19)21(25)23-14-15-6-4-5-7-18(15)22/h4-13H,3,14H2,1-2H3,(H,23,25). The molecule has 0 spiro atoms. The van der Waals surface area contributed by atoms with Crippen molar-refractivity contribution < 1.29 is 17.9 Å². The van der Waals surface area contributed by atoms with Crippen LogP contribution < -0.4 is 14.4 Å². The number of hydrogen-bond acceptors (Lipinski definition) is 5. The van der Waals surface area contributed by atoms with Crippen LogP contribution in [0.25, 0.3) is 0 Å². The predicted molar refractivity (Wildman–Crippen MR) is 120 cm³/mol. The van der Waals surface area contributed by atoms with Gasteiger partial charge in [0.05, 0.1) is 12.3 Å². The van der Waals surface area contributed by atoms with E-state index in [2.05, 4.69) is 5.32 Å². The van der Waals surface area contributed by atoms with Crippen LogP contribution in [0, 0.1) is 0 Å². The molecule has 0 saturated carbocycles. The summed E-state index contributed by atoms with van der Waals surface area (Å²) in [4.78, 5) is 12.8. The highest BCUT2D eigenvalue weighted by Gasteiger charge is 2.28. The summed E-state index contributed by atoms with van der Waals surface area (Å²) in [7, 11) is -2.47. The Balaban J connectivity index is 1.79. The minimum atomic E-state index is -3.92. The molecule has 1 N–H and O–H groups in total. The van der Waals surface area contributed by atoms with E-state index < -0.39 is 15.9 Å². The Morgan fingerprint density at radius 2 is 1.83 bits per heavy atom. The molecule has 1 aromatic heterocycles. The molecular weight excluding hydrogens is 444 g/mol. The molecule has 0 atom stereocenters. The van der Waals surface area contributed by atoms with Crippen LogP contribution in [0.1, 0.15) is 22.2 Å². The van der Waals surface area contributed by atoms with E-state index in [1.165, 1.54) is 13.1 Å². The molecule has 9 heteroatoms. The second-order valence-corrected chi connectivity index (χ2v) is 9.55. The second-order valence-electron chi connectivity index (χ2n) is 6.29. The van der Waals surface area contributed by atoms with Gasteiger partial charge in [-0.3, -0.25) is 9.10 Å². The van der Waals surface area contributed by atoms with Gasteiger partial charge in [-0.05, 0) is 54.3 Å². The summed E-state index contributed by atoms with van der Waals surface area (Å²) in [5, 5.41) is 4.86. The smallest absolute Gasteiger partial charge is 0.265 e. The van der Waals surface area contributed by atoms with Crippen molar-refractivity contribution in [3.63, 3.8) is 0 Å². The molecule has 0 fully saturated rings. The molecule has 0 aliphatic rings. The zero-order valence-electron chi connectivity index (χ0n) is 16.5. The molecular formula is C21H21ClN2O4S2. The van der Waals surface area contributed by atoms with Crippen molar-refractivity contribution in [3.05, 3.63) is 75.4 Å². The Labute approximate surface area is 185 Å². The number of nitrogens with one attached hydrogen (secondary N) is 1. The van der Waals surface area contributed by atoms with Crippen LogP contribution in [0.3, 0.4) is 0 Å². The monoisotopic (exact) mass is 464 g/mol. The number of halogens is 1. The summed E-state index contributed by atoms with van der Waals surface area (Å²) in [6.07, 6.45) is 0. The van der Waals surface area contributed by atoms with Crippen molar-refractivity contribution in [3.8, 4) is 5.75 Å². The van der Waals surface area contributed by atoms with Crippen molar-refractivity contribution >= 4 is 44.6 Å².